The number of benzene rings is 2. The van der Waals surface area contributed by atoms with Gasteiger partial charge in [0.05, 0.1) is 17.3 Å². The van der Waals surface area contributed by atoms with Crippen molar-refractivity contribution in [2.45, 2.75) is 25.4 Å². The summed E-state index contributed by atoms with van der Waals surface area (Å²) in [6.45, 7) is 0.351. The van der Waals surface area contributed by atoms with E-state index < -0.39 is 10.0 Å². The summed E-state index contributed by atoms with van der Waals surface area (Å²) in [5.41, 5.74) is 3.29. The molecule has 11 heteroatoms. The molecule has 2 heterocycles. The standard InChI is InChI=1S/C25H27N7O3S/c1-32(36(2,34)35)21-9-4-3-6-17(21)15-27-23-20-12-13-26-22(20)30-25(31-23)29-19-8-5-7-16(14-19)24(33)28-18-10-11-18/h3-9,12-14,18H,10-11,15H2,1-2H3,(H,28,33)(H3,26,27,29,30,31). The fraction of sp³-hybridized carbons (Fsp3) is 0.240. The van der Waals surface area contributed by atoms with E-state index >= 15 is 0 Å². The molecule has 1 amide bonds. The largest absolute Gasteiger partial charge is 0.365 e. The van der Waals surface area contributed by atoms with Gasteiger partial charge in [0.2, 0.25) is 16.0 Å². The fourth-order valence-electron chi connectivity index (χ4n) is 3.82. The third-order valence-electron chi connectivity index (χ3n) is 5.98. The molecule has 2 aromatic heterocycles. The first kappa shape index (κ1) is 23.6. The molecule has 1 aliphatic carbocycles. The highest BCUT2D eigenvalue weighted by Gasteiger charge is 2.24. The van der Waals surface area contributed by atoms with E-state index in [0.717, 1.165) is 23.8 Å². The highest BCUT2D eigenvalue weighted by atomic mass is 32.2. The number of carbonyl (C=O) groups is 1. The van der Waals surface area contributed by atoms with E-state index in [0.29, 0.717) is 40.9 Å². The molecular weight excluding hydrogens is 478 g/mol. The van der Waals surface area contributed by atoms with Gasteiger partial charge in [0, 0.05) is 37.1 Å². The minimum Gasteiger partial charge on any atom is -0.365 e. The number of carbonyl (C=O) groups excluding carboxylic acids is 1. The minimum absolute atomic E-state index is 0.0954. The number of amides is 1. The van der Waals surface area contributed by atoms with E-state index in [1.807, 2.05) is 30.3 Å². The molecule has 0 unspecified atom stereocenters. The van der Waals surface area contributed by atoms with Gasteiger partial charge in [0.15, 0.2) is 0 Å². The number of nitrogens with one attached hydrogen (secondary N) is 4. The Hall–Kier alpha value is -4.12. The maximum absolute atomic E-state index is 12.4. The Kier molecular flexibility index (Phi) is 6.23. The van der Waals surface area contributed by atoms with E-state index in [-0.39, 0.29) is 11.9 Å². The van der Waals surface area contributed by atoms with Crippen molar-refractivity contribution in [3.63, 3.8) is 0 Å². The van der Waals surface area contributed by atoms with Crippen molar-refractivity contribution >= 4 is 50.1 Å². The van der Waals surface area contributed by atoms with Crippen LogP contribution in [0.2, 0.25) is 0 Å². The quantitative estimate of drug-likeness (QED) is 0.273. The molecule has 186 valence electrons. The third-order valence-corrected chi connectivity index (χ3v) is 7.18. The van der Waals surface area contributed by atoms with Crippen LogP contribution in [-0.2, 0) is 16.6 Å². The van der Waals surface area contributed by atoms with Gasteiger partial charge in [0.1, 0.15) is 11.5 Å². The first-order chi connectivity index (χ1) is 17.3. The zero-order chi connectivity index (χ0) is 25.3. The molecular formula is C25H27N7O3S. The predicted molar refractivity (Wildman–Crippen MR) is 141 cm³/mol. The molecule has 4 N–H and O–H groups in total. The zero-order valence-electron chi connectivity index (χ0n) is 19.9. The van der Waals surface area contributed by atoms with Crippen LogP contribution in [0.3, 0.4) is 0 Å². The number of sulfonamides is 1. The Morgan fingerprint density at radius 1 is 1.11 bits per heavy atom. The number of hydrogen-bond acceptors (Lipinski definition) is 7. The number of hydrogen-bond donors (Lipinski definition) is 4. The van der Waals surface area contributed by atoms with Crippen molar-refractivity contribution in [2.75, 3.05) is 28.2 Å². The SMILES string of the molecule is CN(c1ccccc1CNc1nc(Nc2cccc(C(=O)NC3CC3)c2)nc2[nH]ccc12)S(C)(=O)=O. The van der Waals surface area contributed by atoms with Crippen LogP contribution >= 0.6 is 0 Å². The van der Waals surface area contributed by atoms with Gasteiger partial charge in [-0.2, -0.15) is 9.97 Å². The van der Waals surface area contributed by atoms with Crippen LogP contribution in [-0.4, -0.2) is 48.6 Å². The van der Waals surface area contributed by atoms with Gasteiger partial charge < -0.3 is 20.9 Å². The average Bonchev–Trinajstić information content (AvgIpc) is 3.54. The maximum Gasteiger partial charge on any atom is 0.251 e. The number of para-hydroxylation sites is 1. The number of aromatic nitrogens is 3. The predicted octanol–water partition coefficient (Wildman–Crippen LogP) is 3.60. The van der Waals surface area contributed by atoms with Crippen LogP contribution in [0.5, 0.6) is 0 Å². The van der Waals surface area contributed by atoms with Crippen molar-refractivity contribution in [1.29, 1.82) is 0 Å². The lowest BCUT2D eigenvalue weighted by Gasteiger charge is -2.20. The molecule has 1 saturated carbocycles. The highest BCUT2D eigenvalue weighted by Crippen LogP contribution is 2.27. The Morgan fingerprint density at radius 2 is 1.92 bits per heavy atom. The monoisotopic (exact) mass is 505 g/mol. The maximum atomic E-state index is 12.4. The van der Waals surface area contributed by atoms with Crippen molar-refractivity contribution in [3.05, 3.63) is 71.9 Å². The van der Waals surface area contributed by atoms with Crippen LogP contribution in [0, 0.1) is 0 Å². The van der Waals surface area contributed by atoms with Gasteiger partial charge in [-0.25, -0.2) is 8.42 Å². The van der Waals surface area contributed by atoms with Gasteiger partial charge in [-0.05, 0) is 48.7 Å². The van der Waals surface area contributed by atoms with Gasteiger partial charge in [-0.1, -0.05) is 24.3 Å². The van der Waals surface area contributed by atoms with E-state index in [9.17, 15) is 13.2 Å². The van der Waals surface area contributed by atoms with E-state index in [1.165, 1.54) is 17.6 Å². The summed E-state index contributed by atoms with van der Waals surface area (Å²) in [5, 5.41) is 10.3. The topological polar surface area (TPSA) is 132 Å². The minimum atomic E-state index is -3.41. The molecule has 5 rings (SSSR count). The Bertz CT molecular complexity index is 1530. The second-order valence-corrected chi connectivity index (χ2v) is 10.8. The molecule has 0 bridgehead atoms. The van der Waals surface area contributed by atoms with E-state index in [1.54, 1.807) is 30.5 Å². The molecule has 4 aromatic rings. The molecule has 1 aliphatic rings. The first-order valence-corrected chi connectivity index (χ1v) is 13.4. The summed E-state index contributed by atoms with van der Waals surface area (Å²) in [6.07, 6.45) is 5.01. The van der Waals surface area contributed by atoms with Gasteiger partial charge in [-0.3, -0.25) is 9.10 Å². The number of rotatable bonds is 9. The summed E-state index contributed by atoms with van der Waals surface area (Å²) in [4.78, 5) is 24.7. The Labute approximate surface area is 209 Å². The van der Waals surface area contributed by atoms with Crippen molar-refractivity contribution < 1.29 is 13.2 Å². The lowest BCUT2D eigenvalue weighted by Crippen LogP contribution is -2.26. The number of nitrogens with zero attached hydrogens (tertiary/aromatic N) is 3. The summed E-state index contributed by atoms with van der Waals surface area (Å²) < 4.78 is 25.4. The summed E-state index contributed by atoms with van der Waals surface area (Å²) in [6, 6.07) is 16.7. The van der Waals surface area contributed by atoms with Gasteiger partial charge in [0.25, 0.3) is 5.91 Å². The molecule has 1 fully saturated rings. The highest BCUT2D eigenvalue weighted by molar-refractivity contribution is 7.92. The number of aromatic amines is 1. The van der Waals surface area contributed by atoms with E-state index in [2.05, 4.69) is 30.9 Å². The van der Waals surface area contributed by atoms with Crippen molar-refractivity contribution in [1.82, 2.24) is 20.3 Å². The Morgan fingerprint density at radius 3 is 2.69 bits per heavy atom. The summed E-state index contributed by atoms with van der Waals surface area (Å²) >= 11 is 0. The Balaban J connectivity index is 1.38. The second kappa shape index (κ2) is 9.50. The smallest absolute Gasteiger partial charge is 0.251 e. The van der Waals surface area contributed by atoms with Crippen molar-refractivity contribution in [3.8, 4) is 0 Å². The first-order valence-electron chi connectivity index (χ1n) is 11.6. The van der Waals surface area contributed by atoms with Crippen LogP contribution in [0.25, 0.3) is 11.0 Å². The molecule has 0 spiro atoms. The van der Waals surface area contributed by atoms with Crippen molar-refractivity contribution in [2.24, 2.45) is 0 Å². The third kappa shape index (κ3) is 5.25. The molecule has 0 saturated heterocycles. The van der Waals surface area contributed by atoms with Crippen LogP contribution in [0.4, 0.5) is 23.1 Å². The van der Waals surface area contributed by atoms with Crippen LogP contribution < -0.4 is 20.3 Å². The molecule has 36 heavy (non-hydrogen) atoms. The lowest BCUT2D eigenvalue weighted by atomic mass is 10.1. The molecule has 0 aliphatic heterocycles. The molecule has 0 atom stereocenters. The summed E-state index contributed by atoms with van der Waals surface area (Å²) in [7, 11) is -1.87. The fourth-order valence-corrected chi connectivity index (χ4v) is 4.36. The molecule has 10 nitrogen and oxygen atoms in total. The van der Waals surface area contributed by atoms with Gasteiger partial charge >= 0.3 is 0 Å². The van der Waals surface area contributed by atoms with Crippen LogP contribution in [0.1, 0.15) is 28.8 Å². The number of fused-ring (bicyclic) bond motifs is 1. The van der Waals surface area contributed by atoms with Crippen LogP contribution in [0.15, 0.2) is 60.8 Å². The molecule has 0 radical (unpaired) electrons. The normalized spacial score (nSPS) is 13.4. The summed E-state index contributed by atoms with van der Waals surface area (Å²) in [5.74, 6) is 0.846. The second-order valence-electron chi connectivity index (χ2n) is 8.80. The molecule has 2 aromatic carbocycles. The average molecular weight is 506 g/mol. The lowest BCUT2D eigenvalue weighted by molar-refractivity contribution is 0.0951. The number of anilines is 4. The van der Waals surface area contributed by atoms with Gasteiger partial charge in [-0.15, -0.1) is 0 Å². The zero-order valence-corrected chi connectivity index (χ0v) is 20.8. The van der Waals surface area contributed by atoms with E-state index in [4.69, 9.17) is 0 Å². The number of H-pyrrole nitrogens is 1.